The zero-order valence-corrected chi connectivity index (χ0v) is 8.82. The van der Waals surface area contributed by atoms with Crippen LogP contribution in [0.4, 0.5) is 0 Å². The Morgan fingerprint density at radius 1 is 1.73 bits per heavy atom. The summed E-state index contributed by atoms with van der Waals surface area (Å²) in [5, 5.41) is 0. The minimum absolute atomic E-state index is 0.0457. The molecule has 0 bridgehead atoms. The number of carbonyl (C=O) groups excluding carboxylic acids is 2. The standard InChI is InChI=1S/C11H13NO3/c1-4-9-6-10(13)12(7-9)8(2)5-11(14)15-3/h1,5,9H,6-7H2,2-3H3. The molecule has 0 saturated carbocycles. The lowest BCUT2D eigenvalue weighted by Crippen LogP contribution is -2.23. The number of hydrogen-bond acceptors (Lipinski definition) is 3. The van der Waals surface area contributed by atoms with Gasteiger partial charge in [-0.2, -0.15) is 0 Å². The number of amides is 1. The summed E-state index contributed by atoms with van der Waals surface area (Å²) in [6, 6.07) is 0. The molecule has 1 aliphatic heterocycles. The van der Waals surface area contributed by atoms with Crippen molar-refractivity contribution < 1.29 is 14.3 Å². The second-order valence-electron chi connectivity index (χ2n) is 3.38. The molecule has 0 N–H and O–H groups in total. The van der Waals surface area contributed by atoms with Gasteiger partial charge in [-0.15, -0.1) is 12.3 Å². The molecule has 1 saturated heterocycles. The van der Waals surface area contributed by atoms with Gasteiger partial charge in [0.05, 0.1) is 7.11 Å². The molecule has 1 fully saturated rings. The van der Waals surface area contributed by atoms with Gasteiger partial charge >= 0.3 is 5.97 Å². The highest BCUT2D eigenvalue weighted by atomic mass is 16.5. The van der Waals surface area contributed by atoms with Crippen molar-refractivity contribution in [3.05, 3.63) is 11.8 Å². The van der Waals surface area contributed by atoms with Crippen molar-refractivity contribution in [2.45, 2.75) is 13.3 Å². The number of allylic oxidation sites excluding steroid dienone is 1. The molecule has 0 aromatic heterocycles. The molecule has 1 rings (SSSR count). The number of rotatable bonds is 2. The van der Waals surface area contributed by atoms with E-state index in [1.165, 1.54) is 18.1 Å². The average Bonchev–Trinajstić information content (AvgIpc) is 2.59. The van der Waals surface area contributed by atoms with E-state index in [9.17, 15) is 9.59 Å². The first kappa shape index (κ1) is 11.3. The Hall–Kier alpha value is -1.76. The van der Waals surface area contributed by atoms with Crippen LogP contribution in [0.3, 0.4) is 0 Å². The normalized spacial score (nSPS) is 21.4. The van der Waals surface area contributed by atoms with Gasteiger partial charge < -0.3 is 9.64 Å². The molecule has 1 unspecified atom stereocenters. The highest BCUT2D eigenvalue weighted by Crippen LogP contribution is 2.20. The van der Waals surface area contributed by atoms with Crippen molar-refractivity contribution in [1.29, 1.82) is 0 Å². The summed E-state index contributed by atoms with van der Waals surface area (Å²) in [4.78, 5) is 24.0. The van der Waals surface area contributed by atoms with E-state index < -0.39 is 5.97 Å². The fraction of sp³-hybridized carbons (Fsp3) is 0.455. The Balaban J connectivity index is 2.74. The maximum absolute atomic E-state index is 11.5. The van der Waals surface area contributed by atoms with Crippen molar-refractivity contribution in [2.24, 2.45) is 5.92 Å². The van der Waals surface area contributed by atoms with Gasteiger partial charge in [-0.3, -0.25) is 4.79 Å². The molecule has 1 atom stereocenters. The van der Waals surface area contributed by atoms with Crippen LogP contribution in [0.15, 0.2) is 11.8 Å². The smallest absolute Gasteiger partial charge is 0.332 e. The number of methoxy groups -OCH3 is 1. The van der Waals surface area contributed by atoms with Crippen molar-refractivity contribution in [3.8, 4) is 12.3 Å². The van der Waals surface area contributed by atoms with Gasteiger partial charge in [-0.25, -0.2) is 4.79 Å². The second kappa shape index (κ2) is 4.65. The number of likely N-dealkylation sites (tertiary alicyclic amines) is 1. The quantitative estimate of drug-likeness (QED) is 0.377. The summed E-state index contributed by atoms with van der Waals surface area (Å²) in [5.74, 6) is 1.97. The number of esters is 1. The molecule has 0 aliphatic carbocycles. The summed E-state index contributed by atoms with van der Waals surface area (Å²) < 4.78 is 4.48. The Morgan fingerprint density at radius 2 is 2.40 bits per heavy atom. The molecule has 15 heavy (non-hydrogen) atoms. The van der Waals surface area contributed by atoms with Gasteiger partial charge in [0.25, 0.3) is 0 Å². The van der Waals surface area contributed by atoms with E-state index in [2.05, 4.69) is 10.7 Å². The fourth-order valence-corrected chi connectivity index (χ4v) is 1.47. The topological polar surface area (TPSA) is 46.6 Å². The Morgan fingerprint density at radius 3 is 2.87 bits per heavy atom. The average molecular weight is 207 g/mol. The van der Waals surface area contributed by atoms with Crippen LogP contribution >= 0.6 is 0 Å². The molecule has 0 aromatic carbocycles. The number of ether oxygens (including phenoxy) is 1. The molecule has 4 nitrogen and oxygen atoms in total. The highest BCUT2D eigenvalue weighted by molar-refractivity contribution is 5.86. The van der Waals surface area contributed by atoms with Crippen LogP contribution in [0.1, 0.15) is 13.3 Å². The van der Waals surface area contributed by atoms with Gasteiger partial charge in [0.15, 0.2) is 0 Å². The zero-order valence-electron chi connectivity index (χ0n) is 8.82. The molecular formula is C11H13NO3. The van der Waals surface area contributed by atoms with Gasteiger partial charge in [0.1, 0.15) is 0 Å². The molecule has 4 heteroatoms. The number of hydrogen-bond donors (Lipinski definition) is 0. The minimum atomic E-state index is -0.468. The molecule has 1 heterocycles. The molecule has 80 valence electrons. The van der Waals surface area contributed by atoms with Crippen molar-refractivity contribution >= 4 is 11.9 Å². The van der Waals surface area contributed by atoms with Gasteiger partial charge in [-0.1, -0.05) is 0 Å². The Labute approximate surface area is 88.9 Å². The van der Waals surface area contributed by atoms with Crippen LogP contribution in [0.2, 0.25) is 0 Å². The maximum atomic E-state index is 11.5. The summed E-state index contributed by atoms with van der Waals surface area (Å²) in [6.45, 7) is 2.17. The summed E-state index contributed by atoms with van der Waals surface area (Å²) in [6.07, 6.45) is 6.88. The van der Waals surface area contributed by atoms with Crippen LogP contribution in [-0.4, -0.2) is 30.4 Å². The van der Waals surface area contributed by atoms with E-state index in [1.54, 1.807) is 6.92 Å². The van der Waals surface area contributed by atoms with Crippen LogP contribution < -0.4 is 0 Å². The van der Waals surface area contributed by atoms with E-state index in [-0.39, 0.29) is 11.8 Å². The number of nitrogens with zero attached hydrogens (tertiary/aromatic N) is 1. The zero-order chi connectivity index (χ0) is 11.4. The van der Waals surface area contributed by atoms with Gasteiger partial charge in [-0.05, 0) is 6.92 Å². The minimum Gasteiger partial charge on any atom is -0.466 e. The van der Waals surface area contributed by atoms with Crippen molar-refractivity contribution in [3.63, 3.8) is 0 Å². The van der Waals surface area contributed by atoms with Crippen LogP contribution in [0, 0.1) is 18.3 Å². The molecule has 0 spiro atoms. The lowest BCUT2D eigenvalue weighted by atomic mass is 10.1. The van der Waals surface area contributed by atoms with E-state index in [1.807, 2.05) is 0 Å². The largest absolute Gasteiger partial charge is 0.466 e. The predicted octanol–water partition coefficient (Wildman–Crippen LogP) is 0.545. The van der Waals surface area contributed by atoms with Gasteiger partial charge in [0, 0.05) is 30.7 Å². The van der Waals surface area contributed by atoms with Crippen molar-refractivity contribution in [2.75, 3.05) is 13.7 Å². The molecular weight excluding hydrogens is 194 g/mol. The second-order valence-corrected chi connectivity index (χ2v) is 3.38. The Kier molecular flexibility index (Phi) is 3.51. The van der Waals surface area contributed by atoms with Crippen LogP contribution in [-0.2, 0) is 14.3 Å². The lowest BCUT2D eigenvalue weighted by molar-refractivity contribution is -0.135. The van der Waals surface area contributed by atoms with E-state index in [4.69, 9.17) is 6.42 Å². The lowest BCUT2D eigenvalue weighted by Gasteiger charge is -2.15. The third-order valence-electron chi connectivity index (χ3n) is 2.31. The van der Waals surface area contributed by atoms with E-state index in [0.717, 1.165) is 0 Å². The predicted molar refractivity (Wildman–Crippen MR) is 54.4 cm³/mol. The molecule has 1 aliphatic rings. The van der Waals surface area contributed by atoms with E-state index >= 15 is 0 Å². The number of carbonyl (C=O) groups is 2. The monoisotopic (exact) mass is 207 g/mol. The first-order valence-corrected chi connectivity index (χ1v) is 4.61. The highest BCUT2D eigenvalue weighted by Gasteiger charge is 2.29. The summed E-state index contributed by atoms with van der Waals surface area (Å²) >= 11 is 0. The van der Waals surface area contributed by atoms with Crippen LogP contribution in [0.25, 0.3) is 0 Å². The van der Waals surface area contributed by atoms with Crippen molar-refractivity contribution in [1.82, 2.24) is 4.90 Å². The SMILES string of the molecule is C#CC1CC(=O)N(C(C)=CC(=O)OC)C1. The third-order valence-corrected chi connectivity index (χ3v) is 2.31. The first-order valence-electron chi connectivity index (χ1n) is 4.61. The fourth-order valence-electron chi connectivity index (χ4n) is 1.47. The summed E-state index contributed by atoms with van der Waals surface area (Å²) in [7, 11) is 1.29. The molecule has 0 aromatic rings. The third kappa shape index (κ3) is 2.59. The van der Waals surface area contributed by atoms with Crippen LogP contribution in [0.5, 0.6) is 0 Å². The summed E-state index contributed by atoms with van der Waals surface area (Å²) in [5.41, 5.74) is 0.574. The molecule has 0 radical (unpaired) electrons. The van der Waals surface area contributed by atoms with Gasteiger partial charge in [0.2, 0.25) is 5.91 Å². The molecule has 1 amide bonds. The number of terminal acetylenes is 1. The van der Waals surface area contributed by atoms with E-state index in [0.29, 0.717) is 18.7 Å². The maximum Gasteiger partial charge on any atom is 0.332 e. The Bertz CT molecular complexity index is 351. The first-order chi connectivity index (χ1) is 7.08.